The predicted molar refractivity (Wildman–Crippen MR) is 124 cm³/mol. The lowest BCUT2D eigenvalue weighted by Gasteiger charge is -2.43. The first kappa shape index (κ1) is 18.0. The van der Waals surface area contributed by atoms with Gasteiger partial charge in [0.05, 0.1) is 12.1 Å². The predicted octanol–water partition coefficient (Wildman–Crippen LogP) is 6.76. The van der Waals surface area contributed by atoms with E-state index in [0.29, 0.717) is 12.0 Å². The maximum absolute atomic E-state index is 6.53. The van der Waals surface area contributed by atoms with E-state index in [1.165, 1.54) is 50.6 Å². The van der Waals surface area contributed by atoms with Crippen molar-refractivity contribution >= 4 is 27.5 Å². The summed E-state index contributed by atoms with van der Waals surface area (Å²) in [5, 5.41) is 6.64. The van der Waals surface area contributed by atoms with Crippen LogP contribution in [-0.4, -0.2) is 11.2 Å². The fraction of sp³-hybridized carbons (Fsp3) is 0.333. The molecule has 0 spiro atoms. The largest absolute Gasteiger partial charge is 0.378 e. The highest BCUT2D eigenvalue weighted by Crippen LogP contribution is 2.52. The van der Waals surface area contributed by atoms with E-state index in [1.807, 2.05) is 0 Å². The lowest BCUT2D eigenvalue weighted by Crippen LogP contribution is -2.36. The van der Waals surface area contributed by atoms with Crippen LogP contribution in [0.1, 0.15) is 48.6 Å². The Bertz CT molecular complexity index is 1240. The Balaban J connectivity index is 1.60. The maximum Gasteiger partial charge on any atom is 0.0902 e. The minimum absolute atomic E-state index is 0.140. The van der Waals surface area contributed by atoms with Crippen LogP contribution in [0.5, 0.6) is 0 Å². The molecule has 1 aromatic heterocycles. The number of fused-ring (bicyclic) bond motifs is 7. The van der Waals surface area contributed by atoms with Gasteiger partial charge in [-0.25, -0.2) is 0 Å². The minimum atomic E-state index is 0.140. The van der Waals surface area contributed by atoms with Crippen LogP contribution in [0.3, 0.4) is 0 Å². The fourth-order valence-electron chi connectivity index (χ4n) is 5.75. The summed E-state index contributed by atoms with van der Waals surface area (Å²) in [4.78, 5) is 0. The van der Waals surface area contributed by atoms with Gasteiger partial charge < -0.3 is 14.6 Å². The second kappa shape index (κ2) is 6.88. The third kappa shape index (κ3) is 2.55. The average Bonchev–Trinajstić information content (AvgIpc) is 3.12. The van der Waals surface area contributed by atoms with Gasteiger partial charge in [0.15, 0.2) is 0 Å². The maximum atomic E-state index is 6.53. The van der Waals surface area contributed by atoms with Crippen LogP contribution in [0, 0.1) is 12.8 Å². The molecule has 3 heteroatoms. The van der Waals surface area contributed by atoms with E-state index in [9.17, 15) is 0 Å². The first-order chi connectivity index (χ1) is 14.8. The van der Waals surface area contributed by atoms with Crippen molar-refractivity contribution in [3.05, 3.63) is 77.4 Å². The summed E-state index contributed by atoms with van der Waals surface area (Å²) in [7, 11) is 0. The van der Waals surface area contributed by atoms with Crippen molar-refractivity contribution in [1.29, 1.82) is 0 Å². The molecule has 0 saturated carbocycles. The van der Waals surface area contributed by atoms with Crippen LogP contribution in [0.25, 0.3) is 21.8 Å². The molecule has 152 valence electrons. The van der Waals surface area contributed by atoms with Gasteiger partial charge in [0, 0.05) is 52.1 Å². The van der Waals surface area contributed by atoms with Gasteiger partial charge in [-0.15, -0.1) is 0 Å². The van der Waals surface area contributed by atoms with Crippen molar-refractivity contribution in [1.82, 2.24) is 4.57 Å². The molecule has 30 heavy (non-hydrogen) atoms. The Morgan fingerprint density at radius 3 is 2.67 bits per heavy atom. The van der Waals surface area contributed by atoms with Gasteiger partial charge in [-0.3, -0.25) is 0 Å². The highest BCUT2D eigenvalue weighted by molar-refractivity contribution is 6.11. The highest BCUT2D eigenvalue weighted by atomic mass is 16.5. The second-order valence-corrected chi connectivity index (χ2v) is 8.81. The normalized spacial score (nSPS) is 23.2. The van der Waals surface area contributed by atoms with E-state index >= 15 is 0 Å². The summed E-state index contributed by atoms with van der Waals surface area (Å²) in [6.45, 7) is 6.21. The number of nitrogens with zero attached hydrogens (tertiary/aromatic N) is 1. The fourth-order valence-corrected chi connectivity index (χ4v) is 5.75. The van der Waals surface area contributed by atoms with Gasteiger partial charge in [-0.2, -0.15) is 0 Å². The highest BCUT2D eigenvalue weighted by Gasteiger charge is 2.41. The molecule has 0 bridgehead atoms. The Labute approximate surface area is 177 Å². The molecular formula is C27H28N2O. The first-order valence-corrected chi connectivity index (χ1v) is 11.2. The molecule has 3 aromatic carbocycles. The Morgan fingerprint density at radius 1 is 1.00 bits per heavy atom. The zero-order valence-corrected chi connectivity index (χ0v) is 17.7. The van der Waals surface area contributed by atoms with Crippen molar-refractivity contribution in [2.75, 3.05) is 11.9 Å². The number of anilines is 1. The van der Waals surface area contributed by atoms with Gasteiger partial charge in [0.1, 0.15) is 0 Å². The van der Waals surface area contributed by atoms with Crippen LogP contribution in [0.15, 0.2) is 60.7 Å². The number of nitrogens with one attached hydrogen (secondary N) is 1. The van der Waals surface area contributed by atoms with E-state index in [1.54, 1.807) is 0 Å². The molecule has 0 unspecified atom stereocenters. The number of aromatic nitrogens is 1. The Morgan fingerprint density at radius 2 is 1.83 bits per heavy atom. The van der Waals surface area contributed by atoms with Crippen LogP contribution in [-0.2, 0) is 11.3 Å². The van der Waals surface area contributed by atoms with E-state index in [-0.39, 0.29) is 6.10 Å². The Kier molecular flexibility index (Phi) is 4.14. The van der Waals surface area contributed by atoms with Gasteiger partial charge >= 0.3 is 0 Å². The zero-order valence-electron chi connectivity index (χ0n) is 17.7. The summed E-state index contributed by atoms with van der Waals surface area (Å²) in [6, 6.07) is 22.7. The van der Waals surface area contributed by atoms with Gasteiger partial charge in [-0.1, -0.05) is 48.0 Å². The van der Waals surface area contributed by atoms with Crippen LogP contribution < -0.4 is 5.32 Å². The number of hydrogen-bond donors (Lipinski definition) is 1. The van der Waals surface area contributed by atoms with E-state index < -0.39 is 0 Å². The van der Waals surface area contributed by atoms with Crippen LogP contribution >= 0.6 is 0 Å². The zero-order chi connectivity index (χ0) is 20.2. The quantitative estimate of drug-likeness (QED) is 0.405. The summed E-state index contributed by atoms with van der Waals surface area (Å²) < 4.78 is 8.97. The number of ether oxygens (including phenoxy) is 1. The molecule has 1 saturated heterocycles. The molecule has 6 rings (SSSR count). The Hall–Kier alpha value is -2.78. The summed E-state index contributed by atoms with van der Waals surface area (Å²) in [6.07, 6.45) is 2.47. The molecule has 3 nitrogen and oxygen atoms in total. The standard InChI is InChI=1S/C27H28N2O/c1-3-29-22-9-5-4-7-19(22)24-23(29)15-14-21-25(24)27-20(8-6-16-30-27)26(28-21)18-12-10-17(2)11-13-18/h4-5,7,9-15,20,26-28H,3,6,8,16H2,1-2H3/t20-,26+,27-/m1/s1. The number of para-hydroxylation sites is 1. The molecule has 2 aliphatic heterocycles. The average molecular weight is 397 g/mol. The van der Waals surface area contributed by atoms with Crippen LogP contribution in [0.2, 0.25) is 0 Å². The van der Waals surface area contributed by atoms with E-state index in [2.05, 4.69) is 84.4 Å². The summed E-state index contributed by atoms with van der Waals surface area (Å²) >= 11 is 0. The third-order valence-electron chi connectivity index (χ3n) is 7.12. The molecule has 4 aromatic rings. The SMILES string of the molecule is CCn1c2ccccc2c2c3c(ccc21)N[C@@H](c1ccc(C)cc1)[C@H]1CCCO[C@@H]31. The van der Waals surface area contributed by atoms with Gasteiger partial charge in [0.2, 0.25) is 0 Å². The van der Waals surface area contributed by atoms with Crippen molar-refractivity contribution in [3.8, 4) is 0 Å². The van der Waals surface area contributed by atoms with Crippen molar-refractivity contribution in [3.63, 3.8) is 0 Å². The molecule has 1 fully saturated rings. The minimum Gasteiger partial charge on any atom is -0.378 e. The number of rotatable bonds is 2. The van der Waals surface area contributed by atoms with Crippen LogP contribution in [0.4, 0.5) is 5.69 Å². The van der Waals surface area contributed by atoms with Gasteiger partial charge in [-0.05, 0) is 50.5 Å². The van der Waals surface area contributed by atoms with Crippen molar-refractivity contribution < 1.29 is 4.74 Å². The first-order valence-electron chi connectivity index (χ1n) is 11.2. The van der Waals surface area contributed by atoms with E-state index in [4.69, 9.17) is 4.74 Å². The molecule has 0 aliphatic carbocycles. The number of hydrogen-bond acceptors (Lipinski definition) is 2. The molecule has 2 aliphatic rings. The molecular weight excluding hydrogens is 368 g/mol. The van der Waals surface area contributed by atoms with Crippen molar-refractivity contribution in [2.24, 2.45) is 5.92 Å². The lowest BCUT2D eigenvalue weighted by atomic mass is 9.76. The lowest BCUT2D eigenvalue weighted by molar-refractivity contribution is -0.0372. The van der Waals surface area contributed by atoms with Crippen molar-refractivity contribution in [2.45, 2.75) is 45.4 Å². The number of aryl methyl sites for hydroxylation is 2. The molecule has 0 radical (unpaired) electrons. The summed E-state index contributed by atoms with van der Waals surface area (Å²) in [5.41, 5.74) is 7.90. The molecule has 0 amide bonds. The van der Waals surface area contributed by atoms with E-state index in [0.717, 1.165) is 19.6 Å². The monoisotopic (exact) mass is 396 g/mol. The molecule has 3 heterocycles. The second-order valence-electron chi connectivity index (χ2n) is 8.81. The van der Waals surface area contributed by atoms with Gasteiger partial charge in [0.25, 0.3) is 0 Å². The molecule has 3 atom stereocenters. The number of benzene rings is 3. The topological polar surface area (TPSA) is 26.2 Å². The smallest absolute Gasteiger partial charge is 0.0902 e. The third-order valence-corrected chi connectivity index (χ3v) is 7.12. The molecule has 1 N–H and O–H groups in total. The summed E-state index contributed by atoms with van der Waals surface area (Å²) in [5.74, 6) is 0.447.